The van der Waals surface area contributed by atoms with Crippen LogP contribution in [-0.4, -0.2) is 19.3 Å². The second kappa shape index (κ2) is 10.4. The zero-order valence-electron chi connectivity index (χ0n) is 16.5. The minimum absolute atomic E-state index is 0.301. The summed E-state index contributed by atoms with van der Waals surface area (Å²) < 4.78 is 46.5. The lowest BCUT2D eigenvalue weighted by atomic mass is 10.0. The summed E-state index contributed by atoms with van der Waals surface area (Å²) in [5.41, 5.74) is 2.93. The molecule has 0 saturated carbocycles. The van der Waals surface area contributed by atoms with E-state index < -0.39 is 6.36 Å². The number of carbonyl (C=O) groups is 1. The highest BCUT2D eigenvalue weighted by Gasteiger charge is 2.30. The van der Waals surface area contributed by atoms with Crippen molar-refractivity contribution >= 4 is 17.9 Å². The Bertz CT molecular complexity index is 1000. The number of rotatable bonds is 9. The normalized spacial score (nSPS) is 11.2. The highest BCUT2D eigenvalue weighted by atomic mass is 35.5. The van der Waals surface area contributed by atoms with E-state index in [2.05, 4.69) is 4.74 Å². The average Bonchev–Trinajstić information content (AvgIpc) is 2.74. The molecule has 0 amide bonds. The van der Waals surface area contributed by atoms with Crippen LogP contribution in [0.25, 0.3) is 11.1 Å². The number of ether oxygens (including phenoxy) is 2. The quantitative estimate of drug-likeness (QED) is 0.258. The van der Waals surface area contributed by atoms with E-state index >= 15 is 0 Å². The Morgan fingerprint density at radius 3 is 2.19 bits per heavy atom. The van der Waals surface area contributed by atoms with Gasteiger partial charge in [-0.2, -0.15) is 0 Å². The number of aryl methyl sites for hydroxylation is 1. The van der Waals surface area contributed by atoms with Gasteiger partial charge in [0.05, 0.1) is 12.2 Å². The van der Waals surface area contributed by atoms with E-state index in [1.807, 2.05) is 24.3 Å². The van der Waals surface area contributed by atoms with Crippen LogP contribution in [0.2, 0.25) is 5.02 Å². The zero-order valence-corrected chi connectivity index (χ0v) is 17.2. The van der Waals surface area contributed by atoms with Crippen LogP contribution in [-0.2, 0) is 6.42 Å². The SMILES string of the molecule is O=Cc1cc(-c2ccc(OC(F)(F)F)cc2)ccc1OCCCCc1ccc(Cl)cc1. The van der Waals surface area contributed by atoms with Gasteiger partial charge in [-0.1, -0.05) is 41.9 Å². The van der Waals surface area contributed by atoms with Crippen molar-refractivity contribution in [2.75, 3.05) is 6.61 Å². The Labute approximate surface area is 183 Å². The molecule has 0 radical (unpaired) electrons. The molecule has 31 heavy (non-hydrogen) atoms. The Morgan fingerprint density at radius 1 is 0.871 bits per heavy atom. The van der Waals surface area contributed by atoms with E-state index in [0.29, 0.717) is 40.4 Å². The molecular weight excluding hydrogens is 429 g/mol. The molecule has 0 spiro atoms. The summed E-state index contributed by atoms with van der Waals surface area (Å²) in [7, 11) is 0. The molecule has 3 aromatic rings. The molecule has 3 aromatic carbocycles. The minimum atomic E-state index is -4.74. The zero-order chi connectivity index (χ0) is 22.3. The van der Waals surface area contributed by atoms with E-state index in [1.54, 1.807) is 18.2 Å². The number of benzene rings is 3. The largest absolute Gasteiger partial charge is 0.573 e. The second-order valence-corrected chi connectivity index (χ2v) is 7.31. The lowest BCUT2D eigenvalue weighted by molar-refractivity contribution is -0.274. The molecule has 0 aliphatic rings. The summed E-state index contributed by atoms with van der Waals surface area (Å²) in [5.74, 6) is 0.174. The third kappa shape index (κ3) is 7.03. The number of alkyl halides is 3. The van der Waals surface area contributed by atoms with E-state index in [0.717, 1.165) is 19.3 Å². The fraction of sp³-hybridized carbons (Fsp3) is 0.208. The second-order valence-electron chi connectivity index (χ2n) is 6.87. The summed E-state index contributed by atoms with van der Waals surface area (Å²) >= 11 is 5.88. The van der Waals surface area contributed by atoms with Gasteiger partial charge in [-0.25, -0.2) is 0 Å². The van der Waals surface area contributed by atoms with E-state index in [1.165, 1.54) is 29.8 Å². The summed E-state index contributed by atoms with van der Waals surface area (Å²) in [6.45, 7) is 0.469. The third-order valence-electron chi connectivity index (χ3n) is 4.59. The van der Waals surface area contributed by atoms with Crippen molar-refractivity contribution in [1.82, 2.24) is 0 Å². The van der Waals surface area contributed by atoms with Crippen molar-refractivity contribution in [3.05, 3.63) is 82.9 Å². The minimum Gasteiger partial charge on any atom is -0.493 e. The lowest BCUT2D eigenvalue weighted by Crippen LogP contribution is -2.16. The number of unbranched alkanes of at least 4 members (excludes halogenated alkanes) is 1. The molecule has 162 valence electrons. The van der Waals surface area contributed by atoms with Crippen molar-refractivity contribution in [2.45, 2.75) is 25.6 Å². The van der Waals surface area contributed by atoms with Crippen molar-refractivity contribution in [2.24, 2.45) is 0 Å². The molecule has 3 rings (SSSR count). The molecule has 0 heterocycles. The number of hydrogen-bond acceptors (Lipinski definition) is 3. The van der Waals surface area contributed by atoms with Crippen LogP contribution in [0.1, 0.15) is 28.8 Å². The van der Waals surface area contributed by atoms with Crippen LogP contribution in [0.4, 0.5) is 13.2 Å². The van der Waals surface area contributed by atoms with E-state index in [9.17, 15) is 18.0 Å². The van der Waals surface area contributed by atoms with E-state index in [4.69, 9.17) is 16.3 Å². The standard InChI is InChI=1S/C24H20ClF3O3/c25-21-9-4-17(5-10-21)3-1-2-14-30-23-13-8-19(15-20(23)16-29)18-6-11-22(12-7-18)31-24(26,27)28/h4-13,15-16H,1-3,14H2. The summed E-state index contributed by atoms with van der Waals surface area (Å²) in [6.07, 6.45) is -1.37. The van der Waals surface area contributed by atoms with Gasteiger partial charge in [0, 0.05) is 5.02 Å². The first-order valence-corrected chi connectivity index (χ1v) is 10.0. The molecule has 0 aliphatic carbocycles. The number of aldehydes is 1. The Balaban J connectivity index is 1.55. The predicted octanol–water partition coefficient (Wildman–Crippen LogP) is 7.12. The van der Waals surface area contributed by atoms with Crippen molar-refractivity contribution < 1.29 is 27.4 Å². The molecule has 0 fully saturated rings. The van der Waals surface area contributed by atoms with Gasteiger partial charge in [-0.05, 0) is 72.4 Å². The predicted molar refractivity (Wildman–Crippen MR) is 114 cm³/mol. The maximum atomic E-state index is 12.3. The molecule has 3 nitrogen and oxygen atoms in total. The van der Waals surface area contributed by atoms with Crippen molar-refractivity contribution in [3.63, 3.8) is 0 Å². The lowest BCUT2D eigenvalue weighted by Gasteiger charge is -2.12. The topological polar surface area (TPSA) is 35.5 Å². The fourth-order valence-electron chi connectivity index (χ4n) is 3.07. The van der Waals surface area contributed by atoms with Gasteiger partial charge in [0.2, 0.25) is 0 Å². The first-order valence-electron chi connectivity index (χ1n) is 9.67. The van der Waals surface area contributed by atoms with Crippen LogP contribution in [0.3, 0.4) is 0 Å². The number of halogens is 4. The van der Waals surface area contributed by atoms with E-state index in [-0.39, 0.29) is 5.75 Å². The fourth-order valence-corrected chi connectivity index (χ4v) is 3.19. The van der Waals surface area contributed by atoms with Crippen LogP contribution in [0, 0.1) is 0 Å². The van der Waals surface area contributed by atoms with Crippen molar-refractivity contribution in [1.29, 1.82) is 0 Å². The van der Waals surface area contributed by atoms with Crippen LogP contribution in [0.5, 0.6) is 11.5 Å². The van der Waals surface area contributed by atoms with Crippen LogP contribution < -0.4 is 9.47 Å². The summed E-state index contributed by atoms with van der Waals surface area (Å²) in [5, 5.41) is 0.711. The van der Waals surface area contributed by atoms with Gasteiger partial charge in [0.1, 0.15) is 11.5 Å². The highest BCUT2D eigenvalue weighted by Crippen LogP contribution is 2.29. The Kier molecular flexibility index (Phi) is 7.58. The first-order chi connectivity index (χ1) is 14.8. The van der Waals surface area contributed by atoms with Gasteiger partial charge in [0.25, 0.3) is 0 Å². The average molecular weight is 449 g/mol. The molecule has 0 aromatic heterocycles. The molecule has 0 N–H and O–H groups in total. The molecule has 7 heteroatoms. The Morgan fingerprint density at radius 2 is 1.55 bits per heavy atom. The first kappa shape index (κ1) is 22.7. The Hall–Kier alpha value is -2.99. The molecular formula is C24H20ClF3O3. The molecule has 0 atom stereocenters. The highest BCUT2D eigenvalue weighted by molar-refractivity contribution is 6.30. The third-order valence-corrected chi connectivity index (χ3v) is 4.84. The summed E-state index contributed by atoms with van der Waals surface area (Å²) in [6, 6.07) is 18.3. The molecule has 0 bridgehead atoms. The molecule has 0 saturated heterocycles. The summed E-state index contributed by atoms with van der Waals surface area (Å²) in [4.78, 5) is 11.5. The molecule has 0 aliphatic heterocycles. The maximum Gasteiger partial charge on any atom is 0.573 e. The molecule has 0 unspecified atom stereocenters. The maximum absolute atomic E-state index is 12.3. The van der Waals surface area contributed by atoms with Gasteiger partial charge >= 0.3 is 6.36 Å². The number of carbonyl (C=O) groups excluding carboxylic acids is 1. The number of hydrogen-bond donors (Lipinski definition) is 0. The van der Waals surface area contributed by atoms with Gasteiger partial charge in [-0.15, -0.1) is 13.2 Å². The van der Waals surface area contributed by atoms with Crippen LogP contribution >= 0.6 is 11.6 Å². The smallest absolute Gasteiger partial charge is 0.493 e. The van der Waals surface area contributed by atoms with Gasteiger partial charge < -0.3 is 9.47 Å². The van der Waals surface area contributed by atoms with Crippen molar-refractivity contribution in [3.8, 4) is 22.6 Å². The monoisotopic (exact) mass is 448 g/mol. The van der Waals surface area contributed by atoms with Crippen LogP contribution in [0.15, 0.2) is 66.7 Å². The van der Waals surface area contributed by atoms with Gasteiger partial charge in [-0.3, -0.25) is 4.79 Å². The van der Waals surface area contributed by atoms with Gasteiger partial charge in [0.15, 0.2) is 6.29 Å².